The van der Waals surface area contributed by atoms with Crippen molar-refractivity contribution in [3.05, 3.63) is 41.1 Å². The van der Waals surface area contributed by atoms with Crippen LogP contribution in [0, 0.1) is 20.8 Å². The first-order valence-corrected chi connectivity index (χ1v) is 12.0. The fourth-order valence-electron chi connectivity index (χ4n) is 3.65. The molecule has 2 aromatic rings. The van der Waals surface area contributed by atoms with Gasteiger partial charge < -0.3 is 10.2 Å². The molecule has 29 heavy (non-hydrogen) atoms. The second-order valence-electron chi connectivity index (χ2n) is 7.63. The first-order chi connectivity index (χ1) is 13.7. The smallest absolute Gasteiger partial charge is 0.245 e. The predicted octanol–water partition coefficient (Wildman–Crippen LogP) is 2.05. The van der Waals surface area contributed by atoms with Gasteiger partial charge in [0, 0.05) is 22.7 Å². The number of amidine groups is 1. The third-order valence-corrected chi connectivity index (χ3v) is 8.08. The lowest BCUT2D eigenvalue weighted by atomic mass is 10.1. The molecular formula is C19H23N5O3S2. The Hall–Kier alpha value is -2.33. The van der Waals surface area contributed by atoms with Crippen molar-refractivity contribution in [2.24, 2.45) is 4.99 Å². The quantitative estimate of drug-likeness (QED) is 0.764. The molecule has 0 bridgehead atoms. The van der Waals surface area contributed by atoms with Crippen molar-refractivity contribution in [1.82, 2.24) is 10.2 Å². The molecule has 0 saturated carbocycles. The largest absolute Gasteiger partial charge is 0.312 e. The van der Waals surface area contributed by atoms with Crippen molar-refractivity contribution in [3.63, 3.8) is 0 Å². The number of carbonyl (C=O) groups is 1. The van der Waals surface area contributed by atoms with Crippen LogP contribution in [0.2, 0.25) is 0 Å². The van der Waals surface area contributed by atoms with Crippen molar-refractivity contribution in [2.75, 3.05) is 28.3 Å². The van der Waals surface area contributed by atoms with Gasteiger partial charge in [0.05, 0.1) is 17.5 Å². The molecule has 1 fully saturated rings. The van der Waals surface area contributed by atoms with Crippen LogP contribution in [-0.4, -0.2) is 59.0 Å². The second-order valence-corrected chi connectivity index (χ2v) is 11.0. The molecule has 8 nitrogen and oxygen atoms in total. The van der Waals surface area contributed by atoms with Crippen molar-refractivity contribution in [2.45, 2.75) is 32.1 Å². The van der Waals surface area contributed by atoms with Crippen LogP contribution in [0.25, 0.3) is 0 Å². The van der Waals surface area contributed by atoms with E-state index in [0.717, 1.165) is 22.5 Å². The van der Waals surface area contributed by atoms with E-state index < -0.39 is 9.84 Å². The van der Waals surface area contributed by atoms with E-state index in [2.05, 4.69) is 26.6 Å². The van der Waals surface area contributed by atoms with Crippen LogP contribution < -0.4 is 10.2 Å². The lowest BCUT2D eigenvalue weighted by Gasteiger charge is -2.24. The summed E-state index contributed by atoms with van der Waals surface area (Å²) in [5.41, 5.74) is 3.89. The van der Waals surface area contributed by atoms with Crippen LogP contribution >= 0.6 is 11.8 Å². The van der Waals surface area contributed by atoms with E-state index in [1.165, 1.54) is 11.8 Å². The maximum absolute atomic E-state index is 12.7. The highest BCUT2D eigenvalue weighted by Crippen LogP contribution is 2.37. The third-order valence-electron chi connectivity index (χ3n) is 4.83. The number of fused-ring (bicyclic) bond motifs is 1. The second kappa shape index (κ2) is 7.49. The molecule has 2 atom stereocenters. The summed E-state index contributed by atoms with van der Waals surface area (Å²) in [6.45, 7) is 5.94. The minimum absolute atomic E-state index is 0.0623. The van der Waals surface area contributed by atoms with Crippen molar-refractivity contribution >= 4 is 44.2 Å². The van der Waals surface area contributed by atoms with Gasteiger partial charge in [0.1, 0.15) is 6.54 Å². The lowest BCUT2D eigenvalue weighted by molar-refractivity contribution is -0.114. The molecule has 1 amide bonds. The number of benzene rings is 1. The highest BCUT2D eigenvalue weighted by molar-refractivity contribution is 8.15. The highest BCUT2D eigenvalue weighted by Gasteiger charge is 2.44. The van der Waals surface area contributed by atoms with Gasteiger partial charge in [-0.3, -0.25) is 14.9 Å². The summed E-state index contributed by atoms with van der Waals surface area (Å²) in [4.78, 5) is 19.3. The zero-order valence-electron chi connectivity index (χ0n) is 16.5. The first kappa shape index (κ1) is 20.0. The van der Waals surface area contributed by atoms with E-state index in [-0.39, 0.29) is 35.2 Å². The van der Waals surface area contributed by atoms with Crippen LogP contribution in [0.5, 0.6) is 0 Å². The molecular weight excluding hydrogens is 410 g/mol. The number of aliphatic imine (C=N–C) groups is 1. The van der Waals surface area contributed by atoms with Crippen LogP contribution in [0.1, 0.15) is 16.8 Å². The molecule has 1 aromatic heterocycles. The number of hydrogen-bond donors (Lipinski definition) is 2. The topological polar surface area (TPSA) is 108 Å². The maximum Gasteiger partial charge on any atom is 0.245 e. The molecule has 0 spiro atoms. The molecule has 0 unspecified atom stereocenters. The Labute approximate surface area is 174 Å². The van der Waals surface area contributed by atoms with E-state index in [4.69, 9.17) is 0 Å². The number of H-pyrrole nitrogens is 1. The SMILES string of the molecule is Cc1cc(C)cc(N(CC(=O)Nc2cc(C)[nH]n2)C2=N[C@@H]3CS(=O)(=O)C[C@@H]3S2)c1. The summed E-state index contributed by atoms with van der Waals surface area (Å²) in [5, 5.41) is 10.2. The number of nitrogens with zero attached hydrogens (tertiary/aromatic N) is 3. The fourth-order valence-corrected chi connectivity index (χ4v) is 7.44. The first-order valence-electron chi connectivity index (χ1n) is 9.31. The Bertz CT molecular complexity index is 1070. The maximum atomic E-state index is 12.7. The predicted molar refractivity (Wildman–Crippen MR) is 116 cm³/mol. The zero-order chi connectivity index (χ0) is 20.8. The van der Waals surface area contributed by atoms with Gasteiger partial charge >= 0.3 is 0 Å². The Morgan fingerprint density at radius 1 is 1.21 bits per heavy atom. The molecule has 154 valence electrons. The van der Waals surface area contributed by atoms with E-state index >= 15 is 0 Å². The number of aromatic nitrogens is 2. The van der Waals surface area contributed by atoms with Gasteiger partial charge in [0.2, 0.25) is 5.91 Å². The monoisotopic (exact) mass is 433 g/mol. The number of nitrogens with one attached hydrogen (secondary N) is 2. The van der Waals surface area contributed by atoms with E-state index in [9.17, 15) is 13.2 Å². The Balaban J connectivity index is 1.60. The number of aromatic amines is 1. The molecule has 1 aromatic carbocycles. The normalized spacial score (nSPS) is 22.2. The van der Waals surface area contributed by atoms with Gasteiger partial charge in [-0.1, -0.05) is 17.8 Å². The molecule has 0 radical (unpaired) electrons. The number of amides is 1. The summed E-state index contributed by atoms with van der Waals surface area (Å²) in [6, 6.07) is 7.60. The van der Waals surface area contributed by atoms with E-state index in [1.807, 2.05) is 37.8 Å². The van der Waals surface area contributed by atoms with Gasteiger partial charge in [-0.25, -0.2) is 8.42 Å². The summed E-state index contributed by atoms with van der Waals surface area (Å²) < 4.78 is 23.8. The average molecular weight is 434 g/mol. The molecule has 2 N–H and O–H groups in total. The van der Waals surface area contributed by atoms with Crippen molar-refractivity contribution < 1.29 is 13.2 Å². The summed E-state index contributed by atoms with van der Waals surface area (Å²) in [5.74, 6) is 0.461. The molecule has 2 aliphatic rings. The number of sulfone groups is 1. The van der Waals surface area contributed by atoms with Gasteiger partial charge in [-0.15, -0.1) is 0 Å². The number of carbonyl (C=O) groups excluding carboxylic acids is 1. The van der Waals surface area contributed by atoms with Gasteiger partial charge in [-0.05, 0) is 44.0 Å². The Morgan fingerprint density at radius 3 is 2.55 bits per heavy atom. The van der Waals surface area contributed by atoms with Gasteiger partial charge in [0.25, 0.3) is 0 Å². The van der Waals surface area contributed by atoms with Gasteiger partial charge in [-0.2, -0.15) is 5.10 Å². The molecule has 3 heterocycles. The lowest BCUT2D eigenvalue weighted by Crippen LogP contribution is -2.36. The molecule has 4 rings (SSSR count). The summed E-state index contributed by atoms with van der Waals surface area (Å²) >= 11 is 1.45. The van der Waals surface area contributed by atoms with Crippen LogP contribution in [0.15, 0.2) is 29.3 Å². The molecule has 10 heteroatoms. The number of aryl methyl sites for hydroxylation is 3. The van der Waals surface area contributed by atoms with E-state index in [0.29, 0.717) is 11.0 Å². The van der Waals surface area contributed by atoms with Crippen LogP contribution in [-0.2, 0) is 14.6 Å². The van der Waals surface area contributed by atoms with Crippen molar-refractivity contribution in [1.29, 1.82) is 0 Å². The number of anilines is 2. The molecule has 1 saturated heterocycles. The Morgan fingerprint density at radius 2 is 1.93 bits per heavy atom. The molecule has 0 aliphatic carbocycles. The number of hydrogen-bond acceptors (Lipinski definition) is 7. The Kier molecular flexibility index (Phi) is 5.16. The number of rotatable bonds is 4. The van der Waals surface area contributed by atoms with Gasteiger partial charge in [0.15, 0.2) is 20.8 Å². The van der Waals surface area contributed by atoms with Crippen LogP contribution in [0.3, 0.4) is 0 Å². The minimum atomic E-state index is -3.03. The summed E-state index contributed by atoms with van der Waals surface area (Å²) in [7, 11) is -3.03. The van der Waals surface area contributed by atoms with Crippen LogP contribution in [0.4, 0.5) is 11.5 Å². The zero-order valence-corrected chi connectivity index (χ0v) is 18.1. The molecule has 2 aliphatic heterocycles. The fraction of sp³-hybridized carbons (Fsp3) is 0.421. The number of thioether (sulfide) groups is 1. The third kappa shape index (κ3) is 4.48. The van der Waals surface area contributed by atoms with Crippen molar-refractivity contribution in [3.8, 4) is 0 Å². The standard InChI is InChI=1S/C19H23N5O3S2/c1-11-4-12(2)6-14(5-11)24(8-18(25)21-17-7-13(3)22-23-17)19-20-15-9-29(26,27)10-16(15)28-19/h4-7,15-16H,8-10H2,1-3H3,(H2,21,22,23,25)/t15-,16+/m1/s1. The van der Waals surface area contributed by atoms with E-state index in [1.54, 1.807) is 6.07 Å². The summed E-state index contributed by atoms with van der Waals surface area (Å²) in [6.07, 6.45) is 0. The average Bonchev–Trinajstić information content (AvgIpc) is 3.24. The highest BCUT2D eigenvalue weighted by atomic mass is 32.2. The minimum Gasteiger partial charge on any atom is -0.312 e.